The van der Waals surface area contributed by atoms with Crippen molar-refractivity contribution in [2.75, 3.05) is 7.11 Å². The maximum Gasteiger partial charge on any atom is 0.292 e. The number of allylic oxidation sites excluding steroid dienone is 3. The summed E-state index contributed by atoms with van der Waals surface area (Å²) in [6, 6.07) is 1.47. The minimum Gasteiger partial charge on any atom is -0.492 e. The van der Waals surface area contributed by atoms with Crippen LogP contribution in [0.15, 0.2) is 41.4 Å². The van der Waals surface area contributed by atoms with Crippen molar-refractivity contribution in [3.63, 3.8) is 0 Å². The summed E-state index contributed by atoms with van der Waals surface area (Å²) in [5.41, 5.74) is 0.192. The largest absolute Gasteiger partial charge is 0.492 e. The maximum absolute atomic E-state index is 12.1. The molecule has 0 radical (unpaired) electrons. The number of methoxy groups -OCH3 is 1. The summed E-state index contributed by atoms with van der Waals surface area (Å²) in [6.45, 7) is 1.70. The van der Waals surface area contributed by atoms with Gasteiger partial charge in [0, 0.05) is 18.0 Å². The zero-order valence-corrected chi connectivity index (χ0v) is 12.3. The highest BCUT2D eigenvalue weighted by Crippen LogP contribution is 2.20. The summed E-state index contributed by atoms with van der Waals surface area (Å²) in [5.74, 6) is 4.07. The minimum absolute atomic E-state index is 0.0473. The molecule has 1 amide bonds. The lowest BCUT2D eigenvalue weighted by Gasteiger charge is -2.14. The molecule has 0 saturated heterocycles. The number of hydrogen-bond acceptors (Lipinski definition) is 7. The van der Waals surface area contributed by atoms with Gasteiger partial charge in [-0.05, 0) is 13.0 Å². The van der Waals surface area contributed by atoms with Gasteiger partial charge in [-0.3, -0.25) is 24.8 Å². The monoisotopic (exact) mass is 319 g/mol. The molecule has 23 heavy (non-hydrogen) atoms. The molecule has 120 valence electrons. The van der Waals surface area contributed by atoms with Crippen LogP contribution in [0.5, 0.6) is 0 Å². The first-order valence-corrected chi connectivity index (χ1v) is 6.32. The van der Waals surface area contributed by atoms with Gasteiger partial charge in [-0.1, -0.05) is 0 Å². The van der Waals surface area contributed by atoms with E-state index in [2.05, 4.69) is 10.2 Å². The number of carbonyl (C=O) groups is 2. The number of rotatable bonds is 4. The van der Waals surface area contributed by atoms with Gasteiger partial charge in [0.15, 0.2) is 11.5 Å². The average Bonchev–Trinajstić information content (AvgIpc) is 2.94. The lowest BCUT2D eigenvalue weighted by Crippen LogP contribution is -2.33. The van der Waals surface area contributed by atoms with Crippen molar-refractivity contribution in [1.82, 2.24) is 15.2 Å². The predicted molar refractivity (Wildman–Crippen MR) is 76.9 cm³/mol. The van der Waals surface area contributed by atoms with E-state index in [0.717, 1.165) is 18.4 Å². The normalized spacial score (nSPS) is 16.0. The fourth-order valence-electron chi connectivity index (χ4n) is 1.83. The first kappa shape index (κ1) is 16.1. The molecule has 0 aromatic carbocycles. The Morgan fingerprint density at radius 1 is 1.52 bits per heavy atom. The molecule has 0 spiro atoms. The highest BCUT2D eigenvalue weighted by atomic mass is 16.6. The van der Waals surface area contributed by atoms with Gasteiger partial charge in [0.25, 0.3) is 11.6 Å². The van der Waals surface area contributed by atoms with E-state index in [9.17, 15) is 19.7 Å². The number of nitrogens with one attached hydrogen (secondary N) is 1. The van der Waals surface area contributed by atoms with Crippen molar-refractivity contribution >= 4 is 11.7 Å². The van der Waals surface area contributed by atoms with Gasteiger partial charge in [-0.2, -0.15) is 5.10 Å². The van der Waals surface area contributed by atoms with Crippen LogP contribution < -0.4 is 5.84 Å². The first-order chi connectivity index (χ1) is 10.8. The number of ether oxygens (including phenoxy) is 1. The number of aryl methyl sites for hydroxylation is 1. The molecule has 1 aromatic rings. The number of aromatic nitrogens is 2. The Morgan fingerprint density at radius 3 is 2.74 bits per heavy atom. The number of ketones is 1. The fraction of sp³-hybridized carbons (Fsp3) is 0.154. The van der Waals surface area contributed by atoms with E-state index in [1.807, 2.05) is 0 Å². The van der Waals surface area contributed by atoms with Crippen LogP contribution in [0.2, 0.25) is 0 Å². The maximum atomic E-state index is 12.1. The lowest BCUT2D eigenvalue weighted by molar-refractivity contribution is -0.419. The molecule has 1 aliphatic carbocycles. The summed E-state index contributed by atoms with van der Waals surface area (Å²) >= 11 is 0. The molecule has 0 fully saturated rings. The SMILES string of the molecule is COC1=CC([N+](=O)[O-])=C/C(=C/N(N)C(=O)c2cc(C)[nH]n2)C1=O. The van der Waals surface area contributed by atoms with Crippen molar-refractivity contribution < 1.29 is 19.2 Å². The third kappa shape index (κ3) is 3.32. The summed E-state index contributed by atoms with van der Waals surface area (Å²) in [5, 5.41) is 17.9. The predicted octanol–water partition coefficient (Wildman–Crippen LogP) is 0.192. The van der Waals surface area contributed by atoms with Crippen molar-refractivity contribution in [3.05, 3.63) is 62.9 Å². The summed E-state index contributed by atoms with van der Waals surface area (Å²) < 4.78 is 4.81. The molecular formula is C13H13N5O5. The van der Waals surface area contributed by atoms with Crippen molar-refractivity contribution in [1.29, 1.82) is 0 Å². The Morgan fingerprint density at radius 2 is 2.22 bits per heavy atom. The Bertz CT molecular complexity index is 773. The third-order valence-corrected chi connectivity index (χ3v) is 2.94. The first-order valence-electron chi connectivity index (χ1n) is 6.32. The van der Waals surface area contributed by atoms with Crippen LogP contribution in [-0.2, 0) is 9.53 Å². The standard InChI is InChI=1S/C13H13N5O5/c1-7-3-10(16-15-7)13(20)17(14)6-8-4-9(18(21)22)5-11(23-2)12(8)19/h3-6H,14H2,1-2H3,(H,15,16)/b8-6-. The average molecular weight is 319 g/mol. The van der Waals surface area contributed by atoms with Crippen LogP contribution in [0.4, 0.5) is 0 Å². The molecule has 1 aliphatic rings. The van der Waals surface area contributed by atoms with E-state index < -0.39 is 16.6 Å². The second kappa shape index (κ2) is 6.23. The van der Waals surface area contributed by atoms with Crippen molar-refractivity contribution in [2.24, 2.45) is 5.84 Å². The minimum atomic E-state index is -0.681. The van der Waals surface area contributed by atoms with Gasteiger partial charge in [0.2, 0.25) is 5.78 Å². The van der Waals surface area contributed by atoms with Gasteiger partial charge >= 0.3 is 0 Å². The summed E-state index contributed by atoms with van der Waals surface area (Å²) in [4.78, 5) is 34.3. The van der Waals surface area contributed by atoms with Crippen molar-refractivity contribution in [2.45, 2.75) is 6.92 Å². The smallest absolute Gasteiger partial charge is 0.292 e. The number of amides is 1. The molecule has 0 saturated carbocycles. The Labute approximate surface area is 130 Å². The number of carbonyl (C=O) groups excluding carboxylic acids is 2. The summed E-state index contributed by atoms with van der Waals surface area (Å²) in [6.07, 6.45) is 3.00. The molecule has 2 rings (SSSR count). The quantitative estimate of drug-likeness (QED) is 0.265. The number of nitro groups is 1. The summed E-state index contributed by atoms with van der Waals surface area (Å²) in [7, 11) is 1.21. The lowest BCUT2D eigenvalue weighted by atomic mass is 10.0. The van der Waals surface area contributed by atoms with Gasteiger partial charge in [0.05, 0.1) is 23.7 Å². The molecule has 0 atom stereocenters. The third-order valence-electron chi connectivity index (χ3n) is 2.94. The second-order valence-electron chi connectivity index (χ2n) is 4.60. The molecule has 10 nitrogen and oxygen atoms in total. The van der Waals surface area contributed by atoms with Crippen LogP contribution in [-0.4, -0.2) is 38.9 Å². The number of hydrazine groups is 1. The highest BCUT2D eigenvalue weighted by molar-refractivity contribution is 6.10. The zero-order chi connectivity index (χ0) is 17.1. The molecule has 0 unspecified atom stereocenters. The van der Waals surface area contributed by atoms with Gasteiger partial charge in [-0.25, -0.2) is 10.9 Å². The highest BCUT2D eigenvalue weighted by Gasteiger charge is 2.27. The second-order valence-corrected chi connectivity index (χ2v) is 4.60. The Balaban J connectivity index is 2.33. The zero-order valence-electron chi connectivity index (χ0n) is 12.3. The van der Waals surface area contributed by atoms with Crippen LogP contribution in [0.3, 0.4) is 0 Å². The Hall–Kier alpha value is -3.27. The molecule has 0 bridgehead atoms. The van der Waals surface area contributed by atoms with E-state index in [4.69, 9.17) is 10.6 Å². The van der Waals surface area contributed by atoms with Gasteiger partial charge in [0.1, 0.15) is 0 Å². The van der Waals surface area contributed by atoms with Gasteiger partial charge < -0.3 is 4.74 Å². The van der Waals surface area contributed by atoms with Crippen LogP contribution in [0, 0.1) is 17.0 Å². The number of Topliss-reactive ketones (excluding diaryl/α,β-unsaturated/α-hetero) is 1. The number of nitrogens with two attached hydrogens (primary N) is 1. The van der Waals surface area contributed by atoms with E-state index in [0.29, 0.717) is 10.7 Å². The van der Waals surface area contributed by atoms with Crippen LogP contribution in [0.1, 0.15) is 16.2 Å². The molecule has 3 N–H and O–H groups in total. The number of aromatic amines is 1. The van der Waals surface area contributed by atoms with Crippen LogP contribution >= 0.6 is 0 Å². The topological polar surface area (TPSA) is 144 Å². The van der Waals surface area contributed by atoms with Crippen LogP contribution in [0.25, 0.3) is 0 Å². The molecule has 0 aliphatic heterocycles. The van der Waals surface area contributed by atoms with Crippen molar-refractivity contribution in [3.8, 4) is 0 Å². The molecule has 10 heteroatoms. The molecule has 1 aromatic heterocycles. The van der Waals surface area contributed by atoms with E-state index in [1.165, 1.54) is 13.2 Å². The number of hydrogen-bond donors (Lipinski definition) is 2. The Kier molecular flexibility index (Phi) is 4.37. The van der Waals surface area contributed by atoms with E-state index in [1.54, 1.807) is 6.92 Å². The van der Waals surface area contributed by atoms with E-state index >= 15 is 0 Å². The molecular weight excluding hydrogens is 306 g/mol. The van der Waals surface area contributed by atoms with Gasteiger partial charge in [-0.15, -0.1) is 0 Å². The number of nitrogens with zero attached hydrogens (tertiary/aromatic N) is 3. The van der Waals surface area contributed by atoms with E-state index in [-0.39, 0.29) is 22.7 Å². The molecule has 1 heterocycles. The number of H-pyrrole nitrogens is 1. The fourth-order valence-corrected chi connectivity index (χ4v) is 1.83.